The first-order valence-corrected chi connectivity index (χ1v) is 8.66. The number of hydrazone groups is 1. The van der Waals surface area contributed by atoms with Crippen molar-refractivity contribution in [2.24, 2.45) is 5.10 Å². The lowest BCUT2D eigenvalue weighted by molar-refractivity contribution is -0.127. The number of hydrogen-bond acceptors (Lipinski definition) is 3. The van der Waals surface area contributed by atoms with E-state index in [9.17, 15) is 4.79 Å². The molecule has 0 radical (unpaired) electrons. The van der Waals surface area contributed by atoms with Crippen molar-refractivity contribution < 1.29 is 9.53 Å². The Hall–Kier alpha value is -2.66. The molecule has 1 atom stereocenters. The monoisotopic (exact) mass is 396 g/mol. The van der Waals surface area contributed by atoms with E-state index in [-0.39, 0.29) is 5.91 Å². The summed E-state index contributed by atoms with van der Waals surface area (Å²) in [4.78, 5) is 12.1. The molecule has 1 amide bonds. The van der Waals surface area contributed by atoms with Crippen LogP contribution in [0.5, 0.6) is 5.75 Å². The number of benzene rings is 3. The molecule has 0 saturated heterocycles. The van der Waals surface area contributed by atoms with Gasteiger partial charge in [0.05, 0.1) is 6.21 Å². The van der Waals surface area contributed by atoms with Crippen LogP contribution in [0.25, 0.3) is 10.8 Å². The third-order valence-corrected chi connectivity index (χ3v) is 4.41. The van der Waals surface area contributed by atoms with E-state index < -0.39 is 6.10 Å². The summed E-state index contributed by atoms with van der Waals surface area (Å²) in [7, 11) is 0. The Morgan fingerprint density at radius 1 is 1.08 bits per heavy atom. The first-order chi connectivity index (χ1) is 12.1. The van der Waals surface area contributed by atoms with Gasteiger partial charge in [0.25, 0.3) is 5.91 Å². The second-order valence-electron chi connectivity index (χ2n) is 5.52. The summed E-state index contributed by atoms with van der Waals surface area (Å²) in [6, 6.07) is 21.4. The van der Waals surface area contributed by atoms with Gasteiger partial charge in [0.2, 0.25) is 0 Å². The molecular weight excluding hydrogens is 380 g/mol. The molecule has 3 aromatic rings. The lowest BCUT2D eigenvalue weighted by atomic mass is 10.1. The molecule has 1 unspecified atom stereocenters. The van der Waals surface area contributed by atoms with E-state index in [2.05, 4.69) is 26.5 Å². The standard InChI is InChI=1S/C20H17BrN2O2/c1-14(20(24)23-22-13-17-8-4-5-9-19(17)21)25-18-11-10-15-6-2-3-7-16(15)12-18/h2-14H,1H3,(H,23,24)/b22-13+. The Kier molecular flexibility index (Phi) is 5.46. The topological polar surface area (TPSA) is 50.7 Å². The Labute approximate surface area is 154 Å². The number of carbonyl (C=O) groups excluding carboxylic acids is 1. The van der Waals surface area contributed by atoms with E-state index in [4.69, 9.17) is 4.74 Å². The maximum atomic E-state index is 12.1. The van der Waals surface area contributed by atoms with Crippen LogP contribution in [0.4, 0.5) is 0 Å². The molecule has 4 nitrogen and oxygen atoms in total. The average Bonchev–Trinajstić information content (AvgIpc) is 2.63. The van der Waals surface area contributed by atoms with Gasteiger partial charge in [0.1, 0.15) is 5.75 Å². The number of ether oxygens (including phenoxy) is 1. The van der Waals surface area contributed by atoms with Gasteiger partial charge >= 0.3 is 0 Å². The summed E-state index contributed by atoms with van der Waals surface area (Å²) in [5.74, 6) is 0.340. The summed E-state index contributed by atoms with van der Waals surface area (Å²) >= 11 is 3.43. The summed E-state index contributed by atoms with van der Waals surface area (Å²) in [6.45, 7) is 1.69. The average molecular weight is 397 g/mol. The number of rotatable bonds is 5. The number of hydrogen-bond donors (Lipinski definition) is 1. The molecule has 3 rings (SSSR count). The van der Waals surface area contributed by atoms with Crippen LogP contribution in [0.15, 0.2) is 76.3 Å². The molecule has 1 N–H and O–H groups in total. The van der Waals surface area contributed by atoms with Crippen LogP contribution in [-0.4, -0.2) is 18.2 Å². The third kappa shape index (κ3) is 4.45. The van der Waals surface area contributed by atoms with Crippen molar-refractivity contribution in [3.05, 3.63) is 76.8 Å². The molecule has 0 aliphatic heterocycles. The van der Waals surface area contributed by atoms with Crippen LogP contribution in [-0.2, 0) is 4.79 Å². The number of nitrogens with zero attached hydrogens (tertiary/aromatic N) is 1. The third-order valence-electron chi connectivity index (χ3n) is 3.69. The van der Waals surface area contributed by atoms with E-state index in [1.165, 1.54) is 0 Å². The van der Waals surface area contributed by atoms with Crippen LogP contribution in [0.1, 0.15) is 12.5 Å². The molecule has 0 saturated carbocycles. The molecule has 3 aromatic carbocycles. The number of nitrogens with one attached hydrogen (secondary N) is 1. The van der Waals surface area contributed by atoms with E-state index >= 15 is 0 Å². The largest absolute Gasteiger partial charge is 0.481 e. The van der Waals surface area contributed by atoms with Gasteiger partial charge in [0.15, 0.2) is 6.10 Å². The van der Waals surface area contributed by atoms with Crippen molar-refractivity contribution in [1.82, 2.24) is 5.43 Å². The summed E-state index contributed by atoms with van der Waals surface area (Å²) in [6.07, 6.45) is 0.933. The Bertz CT molecular complexity index is 924. The molecule has 126 valence electrons. The van der Waals surface area contributed by atoms with E-state index in [0.717, 1.165) is 20.8 Å². The fourth-order valence-electron chi connectivity index (χ4n) is 2.33. The lowest BCUT2D eigenvalue weighted by Gasteiger charge is -2.13. The normalized spacial score (nSPS) is 12.2. The minimum absolute atomic E-state index is 0.309. The van der Waals surface area contributed by atoms with Crippen LogP contribution < -0.4 is 10.2 Å². The predicted octanol–water partition coefficient (Wildman–Crippen LogP) is 4.52. The van der Waals surface area contributed by atoms with Crippen LogP contribution in [0.3, 0.4) is 0 Å². The van der Waals surface area contributed by atoms with Crippen molar-refractivity contribution >= 4 is 38.8 Å². The van der Waals surface area contributed by atoms with Crippen molar-refractivity contribution in [1.29, 1.82) is 0 Å². The van der Waals surface area contributed by atoms with Gasteiger partial charge in [-0.05, 0) is 35.9 Å². The second-order valence-corrected chi connectivity index (χ2v) is 6.38. The predicted molar refractivity (Wildman–Crippen MR) is 104 cm³/mol. The van der Waals surface area contributed by atoms with Gasteiger partial charge in [-0.3, -0.25) is 4.79 Å². The van der Waals surface area contributed by atoms with Gasteiger partial charge < -0.3 is 4.74 Å². The zero-order chi connectivity index (χ0) is 17.6. The van der Waals surface area contributed by atoms with Gasteiger partial charge in [-0.25, -0.2) is 5.43 Å². The maximum absolute atomic E-state index is 12.1. The number of halogens is 1. The molecule has 25 heavy (non-hydrogen) atoms. The molecule has 5 heteroatoms. The SMILES string of the molecule is CC(Oc1ccc2ccccc2c1)C(=O)N/N=C/c1ccccc1Br. The van der Waals surface area contributed by atoms with Crippen LogP contribution in [0.2, 0.25) is 0 Å². The highest BCUT2D eigenvalue weighted by atomic mass is 79.9. The highest BCUT2D eigenvalue weighted by Gasteiger charge is 2.14. The zero-order valence-electron chi connectivity index (χ0n) is 13.6. The van der Waals surface area contributed by atoms with Gasteiger partial charge in [-0.15, -0.1) is 0 Å². The van der Waals surface area contributed by atoms with E-state index in [0.29, 0.717) is 5.75 Å². The Balaban J connectivity index is 1.61. The van der Waals surface area contributed by atoms with Gasteiger partial charge in [-0.1, -0.05) is 64.5 Å². The number of carbonyl (C=O) groups is 1. The first kappa shape index (κ1) is 17.2. The number of fused-ring (bicyclic) bond motifs is 1. The molecular formula is C20H17BrN2O2. The molecule has 0 aromatic heterocycles. The fraction of sp³-hybridized carbons (Fsp3) is 0.100. The Morgan fingerprint density at radius 2 is 1.80 bits per heavy atom. The van der Waals surface area contributed by atoms with Gasteiger partial charge in [-0.2, -0.15) is 5.10 Å². The highest BCUT2D eigenvalue weighted by molar-refractivity contribution is 9.10. The van der Waals surface area contributed by atoms with Crippen molar-refractivity contribution in [2.75, 3.05) is 0 Å². The summed E-state index contributed by atoms with van der Waals surface area (Å²) in [5.41, 5.74) is 3.38. The molecule has 0 heterocycles. The van der Waals surface area contributed by atoms with Crippen molar-refractivity contribution in [2.45, 2.75) is 13.0 Å². The smallest absolute Gasteiger partial charge is 0.280 e. The van der Waals surface area contributed by atoms with Crippen molar-refractivity contribution in [3.8, 4) is 5.75 Å². The molecule has 0 bridgehead atoms. The first-order valence-electron chi connectivity index (χ1n) is 7.86. The van der Waals surface area contributed by atoms with Gasteiger partial charge in [0, 0.05) is 10.0 Å². The molecule has 0 fully saturated rings. The molecule has 0 aliphatic carbocycles. The zero-order valence-corrected chi connectivity index (χ0v) is 15.2. The van der Waals surface area contributed by atoms with E-state index in [1.807, 2.05) is 66.7 Å². The van der Waals surface area contributed by atoms with Crippen LogP contribution in [0, 0.1) is 0 Å². The highest BCUT2D eigenvalue weighted by Crippen LogP contribution is 2.21. The lowest BCUT2D eigenvalue weighted by Crippen LogP contribution is -2.33. The summed E-state index contributed by atoms with van der Waals surface area (Å²) < 4.78 is 6.63. The van der Waals surface area contributed by atoms with E-state index in [1.54, 1.807) is 13.1 Å². The minimum atomic E-state index is -0.655. The van der Waals surface area contributed by atoms with Crippen molar-refractivity contribution in [3.63, 3.8) is 0 Å². The fourth-order valence-corrected chi connectivity index (χ4v) is 2.72. The molecule has 0 spiro atoms. The summed E-state index contributed by atoms with van der Waals surface area (Å²) in [5, 5.41) is 6.18. The van der Waals surface area contributed by atoms with Crippen LogP contribution >= 0.6 is 15.9 Å². The Morgan fingerprint density at radius 3 is 2.60 bits per heavy atom. The molecule has 0 aliphatic rings. The number of amides is 1. The quantitative estimate of drug-likeness (QED) is 0.509. The maximum Gasteiger partial charge on any atom is 0.280 e. The second kappa shape index (κ2) is 7.94. The minimum Gasteiger partial charge on any atom is -0.481 e.